The fraction of sp³-hybridized carbons (Fsp3) is 0.654. The van der Waals surface area contributed by atoms with Crippen LogP contribution in [-0.2, 0) is 4.74 Å². The molecule has 66 heavy (non-hydrogen) atoms. The maximum absolute atomic E-state index is 13.5. The number of hydrogen-bond acceptors (Lipinski definition) is 10. The second-order valence-corrected chi connectivity index (χ2v) is 19.9. The van der Waals surface area contributed by atoms with E-state index in [9.17, 15) is 24.3 Å². The van der Waals surface area contributed by atoms with Crippen LogP contribution < -0.4 is 40.7 Å². The summed E-state index contributed by atoms with van der Waals surface area (Å²) in [5.74, 6) is -1.86. The molecule has 0 radical (unpaired) electrons. The number of carboxylic acid groups (broad SMARTS) is 1. The second kappa shape index (κ2) is 23.2. The zero-order valence-electron chi connectivity index (χ0n) is 39.5. The van der Waals surface area contributed by atoms with E-state index in [2.05, 4.69) is 19.8 Å². The van der Waals surface area contributed by atoms with Gasteiger partial charge in [0, 0.05) is 48.3 Å². The number of hydrogen-bond donors (Lipinski definition) is 1. The van der Waals surface area contributed by atoms with E-state index in [4.69, 9.17) is 4.74 Å². The van der Waals surface area contributed by atoms with Crippen molar-refractivity contribution in [3.63, 3.8) is 0 Å². The van der Waals surface area contributed by atoms with Gasteiger partial charge in [-0.25, -0.2) is 19.6 Å². The molecule has 352 valence electrons. The summed E-state index contributed by atoms with van der Waals surface area (Å²) in [6.45, 7) is 1.99. The van der Waals surface area contributed by atoms with Gasteiger partial charge in [0.05, 0.1) is 28.7 Å². The third kappa shape index (κ3) is 10.7. The molecule has 4 bridgehead atoms. The van der Waals surface area contributed by atoms with Crippen LogP contribution in [0, 0.1) is 0 Å². The van der Waals surface area contributed by atoms with Crippen LogP contribution in [0.3, 0.4) is 0 Å². The van der Waals surface area contributed by atoms with E-state index in [0.29, 0.717) is 47.3 Å². The Morgan fingerprint density at radius 2 is 0.879 bits per heavy atom. The number of aromatic carboxylic acids is 1. The fourth-order valence-corrected chi connectivity index (χ4v) is 13.3. The molecule has 2 aliphatic carbocycles. The third-order valence-electron chi connectivity index (χ3n) is 16.0. The summed E-state index contributed by atoms with van der Waals surface area (Å²) < 4.78 is 8.80. The average Bonchev–Trinajstić information content (AvgIpc) is 3.81. The monoisotopic (exact) mass is 915 g/mol. The van der Waals surface area contributed by atoms with E-state index in [-0.39, 0.29) is 70.7 Å². The number of piperidine rings is 2. The quantitative estimate of drug-likeness (QED) is 0.152. The Morgan fingerprint density at radius 1 is 0.530 bits per heavy atom. The Labute approximate surface area is 411 Å². The molecule has 6 atom stereocenters. The molecule has 6 aliphatic rings. The first-order valence-electron chi connectivity index (χ1n) is 25.3. The molecule has 2 N–H and O–H groups in total. The minimum Gasteiger partial charge on any atom is -0.870 e. The van der Waals surface area contributed by atoms with E-state index in [0.717, 1.165) is 36.7 Å². The van der Waals surface area contributed by atoms with Crippen molar-refractivity contribution in [2.45, 2.75) is 209 Å². The molecule has 14 heteroatoms. The first-order valence-corrected chi connectivity index (χ1v) is 25.3. The number of fused-ring (bicyclic) bond motifs is 6. The summed E-state index contributed by atoms with van der Waals surface area (Å²) in [4.78, 5) is 65.1. The van der Waals surface area contributed by atoms with Gasteiger partial charge in [-0.3, -0.25) is 19.4 Å². The maximum atomic E-state index is 13.5. The Bertz CT molecular complexity index is 2360. The van der Waals surface area contributed by atoms with Crippen molar-refractivity contribution < 1.29 is 54.5 Å². The van der Waals surface area contributed by atoms with Crippen molar-refractivity contribution >= 4 is 34.0 Å². The number of esters is 1. The van der Waals surface area contributed by atoms with Gasteiger partial charge in [-0.2, -0.15) is 0 Å². The Hall–Kier alpha value is -3.46. The molecule has 10 rings (SSSR count). The van der Waals surface area contributed by atoms with Crippen LogP contribution in [0.1, 0.15) is 194 Å². The number of ether oxygens (including phenoxy) is 1. The average molecular weight is 915 g/mol. The molecule has 2 aromatic carbocycles. The van der Waals surface area contributed by atoms with Crippen LogP contribution in [-0.4, -0.2) is 94.3 Å². The van der Waals surface area contributed by atoms with Crippen LogP contribution >= 0.6 is 0 Å². The number of carbonyl (C=O) groups excluding carboxylic acids is 1. The summed E-state index contributed by atoms with van der Waals surface area (Å²) in [6, 6.07) is 18.7. The van der Waals surface area contributed by atoms with E-state index in [1.807, 2.05) is 47.0 Å². The standard InChI is InChI=1S/C27H37N3O3.C25H33N3O3.Na.H2O/c1-2-33-27(32)25-26(31)30(24-14-10-9-13-23(24)28-25)22-17-20-15-16-21(18-22)29(20)19-11-7-5-3-4-6-8-12-19;29-24-23(25(30)31)26-21-11-7-8-12-22(21)28(24)20-15-18-13-14-19(16-20)27(18)17-9-5-3-1-2-4-6-10-17;;/h9-10,13-14,19-22H,2-8,11-12,15-18H2,1H3;7-8,11-12,17-20H,1-6,9-10,13-16H2,(H,30,31);;1H2/q;;+1;/p-1/t20-,21+,22?;18-,19+,20?;;. The van der Waals surface area contributed by atoms with Crippen molar-refractivity contribution in [1.29, 1.82) is 0 Å². The number of nitrogens with zero attached hydrogens (tertiary/aromatic N) is 6. The molecule has 0 amide bonds. The minimum atomic E-state index is -1.24. The smallest absolute Gasteiger partial charge is 0.870 e. The van der Waals surface area contributed by atoms with Gasteiger partial charge in [0.2, 0.25) is 11.4 Å². The predicted molar refractivity (Wildman–Crippen MR) is 252 cm³/mol. The largest absolute Gasteiger partial charge is 1.00 e. The molecule has 13 nitrogen and oxygen atoms in total. The van der Waals surface area contributed by atoms with Gasteiger partial charge in [-0.1, -0.05) is 101 Å². The van der Waals surface area contributed by atoms with Crippen molar-refractivity contribution in [2.24, 2.45) is 0 Å². The molecule has 6 fully saturated rings. The summed E-state index contributed by atoms with van der Waals surface area (Å²) in [7, 11) is 0. The third-order valence-corrected chi connectivity index (χ3v) is 16.0. The van der Waals surface area contributed by atoms with Crippen molar-refractivity contribution in [2.75, 3.05) is 6.61 Å². The fourth-order valence-electron chi connectivity index (χ4n) is 13.3. The summed E-state index contributed by atoms with van der Waals surface area (Å²) >= 11 is 0. The first kappa shape index (κ1) is 50.4. The minimum absolute atomic E-state index is 0. The molecule has 4 aliphatic heterocycles. The Morgan fingerprint density at radius 3 is 1.26 bits per heavy atom. The number of carbonyl (C=O) groups is 2. The second-order valence-electron chi connectivity index (χ2n) is 19.9. The molecule has 4 aromatic rings. The molecule has 2 saturated carbocycles. The van der Waals surface area contributed by atoms with Crippen LogP contribution in [0.4, 0.5) is 0 Å². The van der Waals surface area contributed by atoms with E-state index < -0.39 is 17.5 Å². The van der Waals surface area contributed by atoms with Gasteiger partial charge in [0.1, 0.15) is 0 Å². The Balaban J connectivity index is 0.000000191. The van der Waals surface area contributed by atoms with Crippen LogP contribution in [0.2, 0.25) is 0 Å². The van der Waals surface area contributed by atoms with Crippen LogP contribution in [0.5, 0.6) is 0 Å². The molecule has 2 aromatic heterocycles. The van der Waals surface area contributed by atoms with Gasteiger partial charge in [0.25, 0.3) is 11.1 Å². The summed E-state index contributed by atoms with van der Waals surface area (Å²) in [6.07, 6.45) is 30.3. The Kier molecular flexibility index (Phi) is 17.7. The SMILES string of the molecule is CCOC(=O)c1nc2ccccc2n(C2C[C@H]3CC[C@@H](C2)N3C2CCCCCCCC2)c1=O.O=C(O)c1nc2ccccc2n(C2C[C@H]3CC[C@@H](C2)N3C2CCCCCCCC2)c1=O.[Na+].[OH-]. The maximum Gasteiger partial charge on any atom is 1.00 e. The first-order chi connectivity index (χ1) is 31.3. The number of benzene rings is 2. The van der Waals surface area contributed by atoms with Crippen LogP contribution in [0.15, 0.2) is 58.1 Å². The molecule has 4 saturated heterocycles. The van der Waals surface area contributed by atoms with Crippen molar-refractivity contribution in [3.8, 4) is 0 Å². The van der Waals surface area contributed by atoms with E-state index in [1.165, 1.54) is 128 Å². The zero-order valence-corrected chi connectivity index (χ0v) is 41.5. The van der Waals surface area contributed by atoms with Gasteiger partial charge >= 0.3 is 41.5 Å². The van der Waals surface area contributed by atoms with Gasteiger partial charge in [-0.15, -0.1) is 0 Å². The normalized spacial score (nSPS) is 26.8. The number of rotatable bonds is 7. The predicted octanol–water partition coefficient (Wildman–Crippen LogP) is 6.84. The number of carboxylic acids is 1. The zero-order chi connectivity index (χ0) is 44.2. The topological polar surface area (TPSA) is 170 Å². The summed E-state index contributed by atoms with van der Waals surface area (Å²) in [5.41, 5.74) is 1.68. The van der Waals surface area contributed by atoms with Gasteiger partial charge < -0.3 is 24.5 Å². The molecular weight excluding hydrogens is 844 g/mol. The molecule has 2 unspecified atom stereocenters. The van der Waals surface area contributed by atoms with Gasteiger partial charge in [-0.05, 0) is 108 Å². The van der Waals surface area contributed by atoms with E-state index >= 15 is 0 Å². The molecular formula is C52H71N6NaO7. The van der Waals surface area contributed by atoms with Crippen LogP contribution in [0.25, 0.3) is 22.1 Å². The number of aromatic nitrogens is 4. The van der Waals surface area contributed by atoms with Crippen molar-refractivity contribution in [1.82, 2.24) is 28.9 Å². The number of para-hydroxylation sites is 4. The van der Waals surface area contributed by atoms with E-state index in [1.54, 1.807) is 17.6 Å². The molecule has 6 heterocycles. The summed E-state index contributed by atoms with van der Waals surface area (Å²) in [5, 5.41) is 9.56. The van der Waals surface area contributed by atoms with Crippen molar-refractivity contribution in [3.05, 3.63) is 80.6 Å². The molecule has 0 spiro atoms. The van der Waals surface area contributed by atoms with Gasteiger partial charge in [0.15, 0.2) is 0 Å².